The van der Waals surface area contributed by atoms with Crippen molar-refractivity contribution in [1.82, 2.24) is 4.57 Å². The summed E-state index contributed by atoms with van der Waals surface area (Å²) in [4.78, 5) is 2.28. The molecule has 3 nitrogen and oxygen atoms in total. The minimum atomic E-state index is -3.14. The van der Waals surface area contributed by atoms with Crippen molar-refractivity contribution in [3.8, 4) is 16.8 Å². The molecule has 0 fully saturated rings. The molecule has 2 heterocycles. The minimum Gasteiger partial charge on any atom is -0.311 e. The number of aromatic nitrogens is 1. The summed E-state index contributed by atoms with van der Waals surface area (Å²) in [6.07, 6.45) is 0. The Bertz CT molecular complexity index is 2730. The monoisotopic (exact) mass is 658 g/mol. The Morgan fingerprint density at radius 1 is 0.420 bits per heavy atom. The van der Waals surface area contributed by atoms with Gasteiger partial charge in [0.05, 0.1) is 11.0 Å². The Kier molecular flexibility index (Phi) is 6.46. The van der Waals surface area contributed by atoms with E-state index in [0.717, 1.165) is 82.4 Å². The Balaban J connectivity index is 1.20. The first-order valence-corrected chi connectivity index (χ1v) is 18.7. The van der Waals surface area contributed by atoms with E-state index in [1.807, 2.05) is 42.5 Å². The summed E-state index contributed by atoms with van der Waals surface area (Å²) in [6, 6.07) is 65.7. The number of anilines is 3. The quantitative estimate of drug-likeness (QED) is 0.172. The average molecular weight is 659 g/mol. The van der Waals surface area contributed by atoms with Crippen LogP contribution in [0.1, 0.15) is 0 Å². The molecular formula is C46H31N2OP. The smallest absolute Gasteiger partial charge is 0.172 e. The number of nitrogens with zero attached hydrogens (tertiary/aromatic N) is 2. The summed E-state index contributed by atoms with van der Waals surface area (Å²) >= 11 is 0. The van der Waals surface area contributed by atoms with E-state index in [9.17, 15) is 0 Å². The predicted octanol–water partition coefficient (Wildman–Crippen LogP) is 11.0. The molecular weight excluding hydrogens is 627 g/mol. The lowest BCUT2D eigenvalue weighted by Gasteiger charge is -2.25. The molecule has 1 aliphatic heterocycles. The first kappa shape index (κ1) is 28.8. The normalized spacial score (nSPS) is 15.0. The molecule has 1 aromatic heterocycles. The van der Waals surface area contributed by atoms with Crippen LogP contribution in [-0.2, 0) is 4.57 Å². The SMILES string of the molecule is O=P1(c2ccccc2)c2cc3ccccc3cc2-c2cc3c(cc21)c1ccccc1n3-c1ccc(N(c2ccccc2)c2ccccc2)cc1. The average Bonchev–Trinajstić information content (AvgIpc) is 3.63. The van der Waals surface area contributed by atoms with E-state index >= 15 is 4.57 Å². The van der Waals surface area contributed by atoms with Gasteiger partial charge in [-0.1, -0.05) is 109 Å². The molecule has 236 valence electrons. The van der Waals surface area contributed by atoms with Gasteiger partial charge in [0.1, 0.15) is 0 Å². The lowest BCUT2D eigenvalue weighted by molar-refractivity contribution is 0.593. The van der Waals surface area contributed by atoms with Crippen molar-refractivity contribution in [3.63, 3.8) is 0 Å². The maximum atomic E-state index is 15.7. The Hall–Kier alpha value is -6.15. The van der Waals surface area contributed by atoms with Crippen molar-refractivity contribution in [2.24, 2.45) is 0 Å². The Morgan fingerprint density at radius 3 is 1.62 bits per heavy atom. The molecule has 0 aliphatic carbocycles. The Labute approximate surface area is 290 Å². The zero-order valence-electron chi connectivity index (χ0n) is 27.1. The van der Waals surface area contributed by atoms with Gasteiger partial charge in [-0.3, -0.25) is 0 Å². The second-order valence-corrected chi connectivity index (χ2v) is 15.6. The van der Waals surface area contributed by atoms with E-state index in [4.69, 9.17) is 0 Å². The zero-order valence-corrected chi connectivity index (χ0v) is 28.0. The number of rotatable bonds is 5. The molecule has 0 radical (unpaired) electrons. The number of fused-ring (bicyclic) bond motifs is 7. The van der Waals surface area contributed by atoms with Gasteiger partial charge < -0.3 is 14.0 Å². The highest BCUT2D eigenvalue weighted by Gasteiger charge is 2.41. The number of hydrogen-bond donors (Lipinski definition) is 0. The molecule has 0 amide bonds. The van der Waals surface area contributed by atoms with Crippen LogP contribution in [0.15, 0.2) is 188 Å². The fourth-order valence-electron chi connectivity index (χ4n) is 7.86. The standard InChI is InChI=1S/C46H31N2OP/c49-50(38-20-8-3-9-21-38)45-29-33-15-11-10-14-32(33)28-41(45)42-30-44-40(31-46(42)50)39-22-12-13-23-43(39)48(44)37-26-24-36(25-27-37)47(34-16-4-1-5-17-34)35-18-6-2-7-19-35/h1-31H. The van der Waals surface area contributed by atoms with Crippen LogP contribution in [0.5, 0.6) is 0 Å². The largest absolute Gasteiger partial charge is 0.311 e. The highest BCUT2D eigenvalue weighted by Crippen LogP contribution is 2.54. The summed E-state index contributed by atoms with van der Waals surface area (Å²) in [5.41, 5.74) is 8.69. The number of benzene rings is 8. The van der Waals surface area contributed by atoms with Crippen LogP contribution >= 0.6 is 7.14 Å². The molecule has 8 aromatic carbocycles. The molecule has 1 atom stereocenters. The third-order valence-corrected chi connectivity index (χ3v) is 13.3. The van der Waals surface area contributed by atoms with Crippen LogP contribution < -0.4 is 20.8 Å². The molecule has 0 saturated carbocycles. The molecule has 0 spiro atoms. The fourth-order valence-corrected chi connectivity index (χ4v) is 10.9. The third kappa shape index (κ3) is 4.27. The molecule has 0 saturated heterocycles. The van der Waals surface area contributed by atoms with E-state index in [0.29, 0.717) is 0 Å². The summed E-state index contributed by atoms with van der Waals surface area (Å²) < 4.78 is 18.0. The van der Waals surface area contributed by atoms with Crippen LogP contribution in [0.25, 0.3) is 49.4 Å². The van der Waals surface area contributed by atoms with Gasteiger partial charge in [0.15, 0.2) is 7.14 Å². The molecule has 10 rings (SSSR count). The van der Waals surface area contributed by atoms with Crippen LogP contribution in [-0.4, -0.2) is 4.57 Å². The van der Waals surface area contributed by atoms with Gasteiger partial charge in [0.25, 0.3) is 0 Å². The summed E-state index contributed by atoms with van der Waals surface area (Å²) in [5, 5.41) is 7.22. The van der Waals surface area contributed by atoms with Crippen molar-refractivity contribution in [3.05, 3.63) is 188 Å². The van der Waals surface area contributed by atoms with E-state index in [1.54, 1.807) is 0 Å². The topological polar surface area (TPSA) is 25.2 Å². The van der Waals surface area contributed by atoms with E-state index in [2.05, 4.69) is 155 Å². The van der Waals surface area contributed by atoms with Gasteiger partial charge in [-0.2, -0.15) is 0 Å². The van der Waals surface area contributed by atoms with Crippen LogP contribution in [0.3, 0.4) is 0 Å². The fraction of sp³-hybridized carbons (Fsp3) is 0. The van der Waals surface area contributed by atoms with E-state index < -0.39 is 7.14 Å². The van der Waals surface area contributed by atoms with Crippen LogP contribution in [0.4, 0.5) is 17.1 Å². The summed E-state index contributed by atoms with van der Waals surface area (Å²) in [7, 11) is -3.14. The molecule has 0 bridgehead atoms. The van der Waals surface area contributed by atoms with Gasteiger partial charge in [-0.05, 0) is 101 Å². The molecule has 4 heteroatoms. The van der Waals surface area contributed by atoms with Crippen LogP contribution in [0.2, 0.25) is 0 Å². The van der Waals surface area contributed by atoms with Gasteiger partial charge in [-0.25, -0.2) is 0 Å². The third-order valence-electron chi connectivity index (χ3n) is 10.1. The highest BCUT2D eigenvalue weighted by molar-refractivity contribution is 7.86. The number of hydrogen-bond acceptors (Lipinski definition) is 2. The maximum Gasteiger partial charge on any atom is 0.172 e. The van der Waals surface area contributed by atoms with Gasteiger partial charge >= 0.3 is 0 Å². The summed E-state index contributed by atoms with van der Waals surface area (Å²) in [5.74, 6) is 0. The maximum absolute atomic E-state index is 15.7. The lowest BCUT2D eigenvalue weighted by atomic mass is 10.00. The van der Waals surface area contributed by atoms with Gasteiger partial charge in [0, 0.05) is 49.4 Å². The second kappa shape index (κ2) is 11.2. The molecule has 9 aromatic rings. The van der Waals surface area contributed by atoms with Crippen molar-refractivity contribution in [2.45, 2.75) is 0 Å². The van der Waals surface area contributed by atoms with Crippen molar-refractivity contribution in [1.29, 1.82) is 0 Å². The Morgan fingerprint density at radius 2 is 0.940 bits per heavy atom. The first-order valence-electron chi connectivity index (χ1n) is 17.0. The molecule has 0 N–H and O–H groups in total. The first-order chi connectivity index (χ1) is 24.7. The number of para-hydroxylation sites is 3. The predicted molar refractivity (Wildman–Crippen MR) is 211 cm³/mol. The molecule has 1 aliphatic rings. The minimum absolute atomic E-state index is 0.871. The van der Waals surface area contributed by atoms with Crippen molar-refractivity contribution >= 4 is 72.7 Å². The van der Waals surface area contributed by atoms with Gasteiger partial charge in [-0.15, -0.1) is 0 Å². The van der Waals surface area contributed by atoms with Gasteiger partial charge in [0.2, 0.25) is 0 Å². The van der Waals surface area contributed by atoms with Crippen LogP contribution in [0, 0.1) is 0 Å². The summed E-state index contributed by atoms with van der Waals surface area (Å²) in [6.45, 7) is 0. The van der Waals surface area contributed by atoms with Crippen molar-refractivity contribution < 1.29 is 4.57 Å². The van der Waals surface area contributed by atoms with Crippen molar-refractivity contribution in [2.75, 3.05) is 4.90 Å². The molecule has 50 heavy (non-hydrogen) atoms. The van der Waals surface area contributed by atoms with E-state index in [-0.39, 0.29) is 0 Å². The second-order valence-electron chi connectivity index (χ2n) is 12.9. The van der Waals surface area contributed by atoms with E-state index in [1.165, 1.54) is 0 Å². The lowest BCUT2D eigenvalue weighted by Crippen LogP contribution is -2.20. The zero-order chi connectivity index (χ0) is 33.2. The molecule has 1 unspecified atom stereocenters. The highest BCUT2D eigenvalue weighted by atomic mass is 31.2.